The maximum Gasteiger partial charge on any atom is 0.127 e. The van der Waals surface area contributed by atoms with Gasteiger partial charge in [-0.15, -0.1) is 11.6 Å². The molecule has 0 amide bonds. The lowest BCUT2D eigenvalue weighted by Crippen LogP contribution is -2.12. The molecule has 0 aliphatic heterocycles. The Balaban J connectivity index is 2.48. The summed E-state index contributed by atoms with van der Waals surface area (Å²) in [6.45, 7) is 9.62. The summed E-state index contributed by atoms with van der Waals surface area (Å²) < 4.78 is 7.54. The monoisotopic (exact) mass is 294 g/mol. The van der Waals surface area contributed by atoms with Crippen LogP contribution in [0.15, 0.2) is 18.2 Å². The molecule has 1 unspecified atom stereocenters. The molecule has 4 heteroatoms. The summed E-state index contributed by atoms with van der Waals surface area (Å²) >= 11 is 6.29. The first kappa shape index (κ1) is 15.2. The second-order valence-corrected chi connectivity index (χ2v) is 7.06. The zero-order valence-electron chi connectivity index (χ0n) is 12.9. The molecular formula is C16H23ClN2O. The van der Waals surface area contributed by atoms with Crippen molar-refractivity contribution in [2.24, 2.45) is 5.41 Å². The van der Waals surface area contributed by atoms with Gasteiger partial charge in [-0.25, -0.2) is 4.98 Å². The quantitative estimate of drug-likeness (QED) is 0.759. The van der Waals surface area contributed by atoms with E-state index in [1.165, 1.54) is 0 Å². The van der Waals surface area contributed by atoms with Crippen molar-refractivity contribution in [2.75, 3.05) is 7.11 Å². The lowest BCUT2D eigenvalue weighted by Gasteiger charge is -2.20. The summed E-state index contributed by atoms with van der Waals surface area (Å²) in [5, 5.41) is -0.103. The maximum absolute atomic E-state index is 6.29. The van der Waals surface area contributed by atoms with Gasteiger partial charge in [-0.1, -0.05) is 20.8 Å². The number of benzene rings is 1. The zero-order valence-corrected chi connectivity index (χ0v) is 13.7. The summed E-state index contributed by atoms with van der Waals surface area (Å²) in [7, 11) is 1.68. The van der Waals surface area contributed by atoms with Crippen LogP contribution in [0.5, 0.6) is 5.75 Å². The van der Waals surface area contributed by atoms with Crippen molar-refractivity contribution in [3.63, 3.8) is 0 Å². The highest BCUT2D eigenvalue weighted by Gasteiger charge is 2.18. The van der Waals surface area contributed by atoms with Crippen molar-refractivity contribution < 1.29 is 4.74 Å². The molecule has 0 fully saturated rings. The number of imidazole rings is 1. The van der Waals surface area contributed by atoms with E-state index in [-0.39, 0.29) is 10.8 Å². The molecule has 20 heavy (non-hydrogen) atoms. The fourth-order valence-electron chi connectivity index (χ4n) is 2.23. The topological polar surface area (TPSA) is 27.1 Å². The van der Waals surface area contributed by atoms with Gasteiger partial charge in [0.15, 0.2) is 0 Å². The van der Waals surface area contributed by atoms with E-state index in [0.717, 1.165) is 35.6 Å². The Hall–Kier alpha value is -1.22. The van der Waals surface area contributed by atoms with Crippen molar-refractivity contribution >= 4 is 22.6 Å². The van der Waals surface area contributed by atoms with Crippen LogP contribution in [0.3, 0.4) is 0 Å². The molecule has 0 bridgehead atoms. The van der Waals surface area contributed by atoms with Crippen LogP contribution < -0.4 is 4.74 Å². The predicted octanol–water partition coefficient (Wildman–Crippen LogP) is 4.78. The van der Waals surface area contributed by atoms with E-state index in [1.807, 2.05) is 25.1 Å². The molecule has 0 spiro atoms. The minimum absolute atomic E-state index is 0.103. The van der Waals surface area contributed by atoms with Crippen molar-refractivity contribution in [3.8, 4) is 5.75 Å². The molecule has 1 atom stereocenters. The lowest BCUT2D eigenvalue weighted by atomic mass is 9.92. The highest BCUT2D eigenvalue weighted by molar-refractivity contribution is 6.20. The van der Waals surface area contributed by atoms with E-state index in [2.05, 4.69) is 30.3 Å². The van der Waals surface area contributed by atoms with Crippen LogP contribution in [0.2, 0.25) is 0 Å². The Labute approximate surface area is 125 Å². The van der Waals surface area contributed by atoms with E-state index in [0.29, 0.717) is 0 Å². The standard InChI is InChI=1S/C16H23ClN2O/c1-11(17)15-18-13-7-6-12(20-5)10-14(13)19(15)9-8-16(2,3)4/h6-7,10-11H,8-9H2,1-5H3. The van der Waals surface area contributed by atoms with E-state index >= 15 is 0 Å². The number of nitrogens with zero attached hydrogens (tertiary/aromatic N) is 2. The molecule has 0 aliphatic carbocycles. The third-order valence-corrected chi connectivity index (χ3v) is 3.62. The Morgan fingerprint density at radius 3 is 2.60 bits per heavy atom. The Kier molecular flexibility index (Phi) is 4.28. The largest absolute Gasteiger partial charge is 0.497 e. The second kappa shape index (κ2) is 5.65. The first-order valence-corrected chi connectivity index (χ1v) is 7.44. The van der Waals surface area contributed by atoms with Gasteiger partial charge in [-0.3, -0.25) is 0 Å². The molecule has 110 valence electrons. The normalized spacial score (nSPS) is 13.7. The van der Waals surface area contributed by atoms with Crippen LogP contribution in [-0.2, 0) is 6.54 Å². The number of aromatic nitrogens is 2. The van der Waals surface area contributed by atoms with Crippen molar-refractivity contribution in [1.29, 1.82) is 0 Å². The fraction of sp³-hybridized carbons (Fsp3) is 0.562. The molecular weight excluding hydrogens is 272 g/mol. The van der Waals surface area contributed by atoms with Gasteiger partial charge in [-0.2, -0.15) is 0 Å². The third kappa shape index (κ3) is 3.26. The first-order chi connectivity index (χ1) is 9.31. The van der Waals surface area contributed by atoms with Crippen LogP contribution in [0.1, 0.15) is 45.3 Å². The van der Waals surface area contributed by atoms with Gasteiger partial charge in [-0.05, 0) is 30.9 Å². The summed E-state index contributed by atoms with van der Waals surface area (Å²) in [4.78, 5) is 4.66. The molecule has 1 aromatic carbocycles. The fourth-order valence-corrected chi connectivity index (χ4v) is 2.40. The van der Waals surface area contributed by atoms with Crippen LogP contribution in [-0.4, -0.2) is 16.7 Å². The number of rotatable bonds is 4. The maximum atomic E-state index is 6.29. The van der Waals surface area contributed by atoms with Crippen LogP contribution in [0, 0.1) is 5.41 Å². The van der Waals surface area contributed by atoms with E-state index in [1.54, 1.807) is 7.11 Å². The van der Waals surface area contributed by atoms with Gasteiger partial charge in [0.05, 0.1) is 23.5 Å². The number of halogens is 1. The molecule has 0 saturated carbocycles. The van der Waals surface area contributed by atoms with E-state index < -0.39 is 0 Å². The average Bonchev–Trinajstić information content (AvgIpc) is 2.73. The van der Waals surface area contributed by atoms with E-state index in [4.69, 9.17) is 16.3 Å². The Morgan fingerprint density at radius 2 is 2.05 bits per heavy atom. The number of fused-ring (bicyclic) bond motifs is 1. The number of methoxy groups -OCH3 is 1. The molecule has 0 saturated heterocycles. The molecule has 0 N–H and O–H groups in total. The summed E-state index contributed by atoms with van der Waals surface area (Å²) in [6, 6.07) is 5.96. The lowest BCUT2D eigenvalue weighted by molar-refractivity contribution is 0.350. The van der Waals surface area contributed by atoms with Gasteiger partial charge >= 0.3 is 0 Å². The molecule has 1 aromatic heterocycles. The zero-order chi connectivity index (χ0) is 14.9. The molecule has 0 aliphatic rings. The summed E-state index contributed by atoms with van der Waals surface area (Å²) in [5.74, 6) is 1.78. The average molecular weight is 295 g/mol. The third-order valence-electron chi connectivity index (χ3n) is 3.43. The first-order valence-electron chi connectivity index (χ1n) is 7.00. The van der Waals surface area contributed by atoms with Gasteiger partial charge in [0.1, 0.15) is 11.6 Å². The van der Waals surface area contributed by atoms with Crippen LogP contribution >= 0.6 is 11.6 Å². The number of aryl methyl sites for hydroxylation is 1. The van der Waals surface area contributed by atoms with Gasteiger partial charge < -0.3 is 9.30 Å². The minimum Gasteiger partial charge on any atom is -0.497 e. The summed E-state index contributed by atoms with van der Waals surface area (Å²) in [6.07, 6.45) is 1.08. The van der Waals surface area contributed by atoms with E-state index in [9.17, 15) is 0 Å². The number of hydrogen-bond acceptors (Lipinski definition) is 2. The molecule has 0 radical (unpaired) electrons. The number of alkyl halides is 1. The number of ether oxygens (including phenoxy) is 1. The Bertz CT molecular complexity index is 596. The SMILES string of the molecule is COc1ccc2nc(C(C)Cl)n(CCC(C)(C)C)c2c1. The molecule has 1 heterocycles. The highest BCUT2D eigenvalue weighted by Crippen LogP contribution is 2.29. The summed E-state index contributed by atoms with van der Waals surface area (Å²) in [5.41, 5.74) is 2.35. The van der Waals surface area contributed by atoms with Crippen molar-refractivity contribution in [1.82, 2.24) is 9.55 Å². The van der Waals surface area contributed by atoms with Gasteiger partial charge in [0.25, 0.3) is 0 Å². The van der Waals surface area contributed by atoms with Crippen LogP contribution in [0.4, 0.5) is 0 Å². The highest BCUT2D eigenvalue weighted by atomic mass is 35.5. The predicted molar refractivity (Wildman–Crippen MR) is 84.6 cm³/mol. The molecule has 3 nitrogen and oxygen atoms in total. The van der Waals surface area contributed by atoms with Crippen molar-refractivity contribution in [2.45, 2.75) is 46.0 Å². The van der Waals surface area contributed by atoms with Crippen LogP contribution in [0.25, 0.3) is 11.0 Å². The molecule has 2 rings (SSSR count). The van der Waals surface area contributed by atoms with Gasteiger partial charge in [0, 0.05) is 12.6 Å². The Morgan fingerprint density at radius 1 is 1.35 bits per heavy atom. The van der Waals surface area contributed by atoms with Gasteiger partial charge in [0.2, 0.25) is 0 Å². The molecule has 2 aromatic rings. The minimum atomic E-state index is -0.103. The number of hydrogen-bond donors (Lipinski definition) is 0. The smallest absolute Gasteiger partial charge is 0.127 e. The second-order valence-electron chi connectivity index (χ2n) is 6.40. The van der Waals surface area contributed by atoms with Crippen molar-refractivity contribution in [3.05, 3.63) is 24.0 Å².